The molecule has 18 heavy (non-hydrogen) atoms. The molecule has 2 bridgehead atoms. The van der Waals surface area contributed by atoms with Crippen molar-refractivity contribution in [3.63, 3.8) is 0 Å². The van der Waals surface area contributed by atoms with Gasteiger partial charge in [-0.3, -0.25) is 14.4 Å². The summed E-state index contributed by atoms with van der Waals surface area (Å²) >= 11 is 0. The highest BCUT2D eigenvalue weighted by molar-refractivity contribution is 6.07. The van der Waals surface area contributed by atoms with Crippen LogP contribution in [0, 0.1) is 22.2 Å². The number of hydrogen-bond acceptors (Lipinski definition) is 4. The molecule has 4 heteroatoms. The molecule has 3 saturated carbocycles. The van der Waals surface area contributed by atoms with Crippen LogP contribution in [0.4, 0.5) is 0 Å². The first-order valence-corrected chi connectivity index (χ1v) is 6.27. The zero-order valence-corrected chi connectivity index (χ0v) is 11.6. The van der Waals surface area contributed by atoms with E-state index in [1.807, 2.05) is 13.8 Å². The molecule has 0 heterocycles. The minimum Gasteiger partial charge on any atom is -0.469 e. The third-order valence-electron chi connectivity index (χ3n) is 5.34. The maximum atomic E-state index is 12.7. The van der Waals surface area contributed by atoms with E-state index in [1.165, 1.54) is 7.11 Å². The third kappa shape index (κ3) is 1.24. The van der Waals surface area contributed by atoms with Crippen LogP contribution in [0.5, 0.6) is 0 Å². The van der Waals surface area contributed by atoms with Gasteiger partial charge in [-0.15, -0.1) is 0 Å². The number of esters is 1. The topological polar surface area (TPSA) is 60.4 Å². The minimum atomic E-state index is -0.935. The van der Waals surface area contributed by atoms with Crippen LogP contribution in [-0.4, -0.2) is 24.6 Å². The second-order valence-electron chi connectivity index (χ2n) is 6.61. The molecule has 3 aliphatic carbocycles. The number of Topliss-reactive ketones (excluding diaryl/α,β-unsaturated/α-hetero) is 2. The summed E-state index contributed by atoms with van der Waals surface area (Å²) in [5.41, 5.74) is -2.49. The lowest BCUT2D eigenvalue weighted by Gasteiger charge is -2.58. The van der Waals surface area contributed by atoms with Gasteiger partial charge in [0.1, 0.15) is 11.6 Å². The highest BCUT2D eigenvalue weighted by Gasteiger charge is 2.70. The molecular formula is C14H20O4. The van der Waals surface area contributed by atoms with Crippen molar-refractivity contribution in [3.05, 3.63) is 0 Å². The van der Waals surface area contributed by atoms with Crippen molar-refractivity contribution in [3.8, 4) is 0 Å². The van der Waals surface area contributed by atoms with Gasteiger partial charge < -0.3 is 4.74 Å². The predicted molar refractivity (Wildman–Crippen MR) is 64.7 cm³/mol. The molecule has 0 unspecified atom stereocenters. The number of rotatable bonds is 1. The first-order chi connectivity index (χ1) is 8.11. The van der Waals surface area contributed by atoms with Gasteiger partial charge in [0.2, 0.25) is 0 Å². The molecule has 4 nitrogen and oxygen atoms in total. The van der Waals surface area contributed by atoms with E-state index in [-0.39, 0.29) is 29.9 Å². The van der Waals surface area contributed by atoms with E-state index in [0.717, 1.165) is 0 Å². The van der Waals surface area contributed by atoms with E-state index in [2.05, 4.69) is 0 Å². The van der Waals surface area contributed by atoms with E-state index in [0.29, 0.717) is 6.42 Å². The number of carbonyl (C=O) groups is 3. The zero-order valence-electron chi connectivity index (χ0n) is 11.6. The molecule has 3 aliphatic rings. The van der Waals surface area contributed by atoms with Gasteiger partial charge in [-0.25, -0.2) is 0 Å². The van der Waals surface area contributed by atoms with Gasteiger partial charge in [-0.05, 0) is 13.3 Å². The Morgan fingerprint density at radius 1 is 1.22 bits per heavy atom. The zero-order chi connectivity index (χ0) is 13.9. The summed E-state index contributed by atoms with van der Waals surface area (Å²) in [5.74, 6) is -0.635. The Kier molecular flexibility index (Phi) is 2.52. The SMILES string of the molecule is COC(=O)[C@@]1(C)C[C@H]2C(=O)C[C@]1(C)C(=O)C2(C)C. The molecule has 0 aliphatic heterocycles. The average molecular weight is 252 g/mol. The summed E-state index contributed by atoms with van der Waals surface area (Å²) in [6.07, 6.45) is 0.569. The number of ketones is 2. The fourth-order valence-corrected chi connectivity index (χ4v) is 3.81. The van der Waals surface area contributed by atoms with Crippen LogP contribution in [0.2, 0.25) is 0 Å². The normalized spacial score (nSPS) is 41.9. The number of carbonyl (C=O) groups excluding carboxylic acids is 3. The Hall–Kier alpha value is -1.19. The van der Waals surface area contributed by atoms with Gasteiger partial charge in [0, 0.05) is 23.2 Å². The van der Waals surface area contributed by atoms with Crippen molar-refractivity contribution >= 4 is 17.5 Å². The van der Waals surface area contributed by atoms with E-state index in [4.69, 9.17) is 4.74 Å². The van der Waals surface area contributed by atoms with Gasteiger partial charge in [0.15, 0.2) is 0 Å². The summed E-state index contributed by atoms with van der Waals surface area (Å²) in [5, 5.41) is 0. The number of hydrogen-bond donors (Lipinski definition) is 0. The molecule has 0 saturated heterocycles. The van der Waals surface area contributed by atoms with Crippen molar-refractivity contribution in [1.82, 2.24) is 0 Å². The summed E-state index contributed by atoms with van der Waals surface area (Å²) in [6, 6.07) is 0. The van der Waals surface area contributed by atoms with E-state index in [9.17, 15) is 14.4 Å². The lowest BCUT2D eigenvalue weighted by Crippen LogP contribution is -2.67. The molecule has 3 fully saturated rings. The summed E-state index contributed by atoms with van der Waals surface area (Å²) in [7, 11) is 1.33. The molecule has 0 amide bonds. The predicted octanol–water partition coefficient (Wildman–Crippen LogP) is 1.76. The van der Waals surface area contributed by atoms with Gasteiger partial charge in [0.25, 0.3) is 0 Å². The Balaban J connectivity index is 2.59. The quantitative estimate of drug-likeness (QED) is 0.667. The van der Waals surface area contributed by atoms with Crippen LogP contribution in [0.15, 0.2) is 0 Å². The van der Waals surface area contributed by atoms with E-state index < -0.39 is 16.2 Å². The molecule has 0 radical (unpaired) electrons. The van der Waals surface area contributed by atoms with Gasteiger partial charge >= 0.3 is 5.97 Å². The first kappa shape index (κ1) is 13.2. The van der Waals surface area contributed by atoms with Gasteiger partial charge in [0.05, 0.1) is 12.5 Å². The minimum absolute atomic E-state index is 0.0127. The summed E-state index contributed by atoms with van der Waals surface area (Å²) in [4.78, 5) is 36.8. The van der Waals surface area contributed by atoms with Crippen molar-refractivity contribution in [1.29, 1.82) is 0 Å². The van der Waals surface area contributed by atoms with Crippen LogP contribution < -0.4 is 0 Å². The molecular weight excluding hydrogens is 232 g/mol. The second kappa shape index (κ2) is 3.43. The molecule has 3 rings (SSSR count). The molecule has 0 aromatic carbocycles. The summed E-state index contributed by atoms with van der Waals surface area (Å²) < 4.78 is 4.86. The smallest absolute Gasteiger partial charge is 0.312 e. The van der Waals surface area contributed by atoms with Crippen LogP contribution >= 0.6 is 0 Å². The molecule has 0 aromatic rings. The van der Waals surface area contributed by atoms with E-state index in [1.54, 1.807) is 13.8 Å². The van der Waals surface area contributed by atoms with Gasteiger partial charge in [-0.1, -0.05) is 20.8 Å². The van der Waals surface area contributed by atoms with Crippen molar-refractivity contribution in [2.75, 3.05) is 7.11 Å². The monoisotopic (exact) mass is 252 g/mol. The molecule has 0 N–H and O–H groups in total. The van der Waals surface area contributed by atoms with Crippen LogP contribution in [-0.2, 0) is 19.1 Å². The molecule has 0 spiro atoms. The standard InChI is InChI=1S/C14H20O4/c1-12(2)8-6-14(4,11(17)18-5)13(3,10(12)16)7-9(8)15/h8H,6-7H2,1-5H3/t8-,13+,14+/m0/s1. The molecule has 100 valence electrons. The number of methoxy groups -OCH3 is 1. The fourth-order valence-electron chi connectivity index (χ4n) is 3.81. The van der Waals surface area contributed by atoms with Crippen LogP contribution in [0.3, 0.4) is 0 Å². The largest absolute Gasteiger partial charge is 0.469 e. The maximum Gasteiger partial charge on any atom is 0.312 e. The second-order valence-corrected chi connectivity index (χ2v) is 6.61. The third-order valence-corrected chi connectivity index (χ3v) is 5.34. The summed E-state index contributed by atoms with van der Waals surface area (Å²) in [6.45, 7) is 7.12. The first-order valence-electron chi connectivity index (χ1n) is 6.27. The number of fused-ring (bicyclic) bond motifs is 3. The Labute approximate surface area is 107 Å². The van der Waals surface area contributed by atoms with Crippen molar-refractivity contribution < 1.29 is 19.1 Å². The Morgan fingerprint density at radius 3 is 2.28 bits per heavy atom. The maximum absolute atomic E-state index is 12.7. The lowest BCUT2D eigenvalue weighted by molar-refractivity contribution is -0.191. The highest BCUT2D eigenvalue weighted by Crippen LogP contribution is 2.63. The Morgan fingerprint density at radius 2 is 1.78 bits per heavy atom. The van der Waals surface area contributed by atoms with Crippen molar-refractivity contribution in [2.24, 2.45) is 22.2 Å². The molecule has 0 aromatic heterocycles. The van der Waals surface area contributed by atoms with Crippen molar-refractivity contribution in [2.45, 2.75) is 40.5 Å². The fraction of sp³-hybridized carbons (Fsp3) is 0.786. The van der Waals surface area contributed by atoms with Crippen LogP contribution in [0.25, 0.3) is 0 Å². The van der Waals surface area contributed by atoms with Crippen LogP contribution in [0.1, 0.15) is 40.5 Å². The average Bonchev–Trinajstić information content (AvgIpc) is 2.29. The molecule has 3 atom stereocenters. The van der Waals surface area contributed by atoms with Gasteiger partial charge in [-0.2, -0.15) is 0 Å². The number of ether oxygens (including phenoxy) is 1. The highest BCUT2D eigenvalue weighted by atomic mass is 16.5. The van der Waals surface area contributed by atoms with E-state index >= 15 is 0 Å². The Bertz CT molecular complexity index is 451. The lowest BCUT2D eigenvalue weighted by atomic mass is 9.41.